The summed E-state index contributed by atoms with van der Waals surface area (Å²) in [5.41, 5.74) is 2.58. The number of aryl methyl sites for hydroxylation is 2. The maximum absolute atomic E-state index is 3.24. The summed E-state index contributed by atoms with van der Waals surface area (Å²) in [6.45, 7) is 4.25. The van der Waals surface area contributed by atoms with Crippen LogP contribution in [0.2, 0.25) is 0 Å². The summed E-state index contributed by atoms with van der Waals surface area (Å²) in [6.07, 6.45) is 0. The molecule has 0 saturated carbocycles. The van der Waals surface area contributed by atoms with Crippen molar-refractivity contribution in [3.63, 3.8) is 0 Å². The molecule has 0 spiro atoms. The van der Waals surface area contributed by atoms with Gasteiger partial charge in [0.2, 0.25) is 0 Å². The zero-order valence-corrected chi connectivity index (χ0v) is 7.39. The second-order valence-electron chi connectivity index (χ2n) is 3.13. The smallest absolute Gasteiger partial charge is 0.0143 e. The van der Waals surface area contributed by atoms with E-state index in [0.717, 1.165) is 0 Å². The zero-order chi connectivity index (χ0) is 8.55. The lowest BCUT2D eigenvalue weighted by Crippen LogP contribution is -1.82. The van der Waals surface area contributed by atoms with Gasteiger partial charge in [0.25, 0.3) is 0 Å². The molecule has 0 amide bonds. The topological polar surface area (TPSA) is 0 Å². The summed E-state index contributed by atoms with van der Waals surface area (Å²) in [6, 6.07) is 13.7. The van der Waals surface area contributed by atoms with Crippen LogP contribution in [0, 0.1) is 19.9 Å². The van der Waals surface area contributed by atoms with Crippen molar-refractivity contribution in [3.05, 3.63) is 47.5 Å². The Morgan fingerprint density at radius 3 is 2.67 bits per heavy atom. The van der Waals surface area contributed by atoms with Gasteiger partial charge in [-0.3, -0.25) is 0 Å². The predicted molar refractivity (Wildman–Crippen MR) is 52.3 cm³/mol. The summed E-state index contributed by atoms with van der Waals surface area (Å²) in [4.78, 5) is 0. The molecule has 0 atom stereocenters. The summed E-state index contributed by atoms with van der Waals surface area (Å²) >= 11 is 0. The normalized spacial score (nSPS) is 10.5. The minimum Gasteiger partial charge on any atom is -0.0616 e. The minimum atomic E-state index is 1.24. The monoisotopic (exact) mass is 155 g/mol. The Morgan fingerprint density at radius 2 is 1.83 bits per heavy atom. The summed E-state index contributed by atoms with van der Waals surface area (Å²) < 4.78 is 0. The Balaban J connectivity index is 2.91. The summed E-state index contributed by atoms with van der Waals surface area (Å²) in [5.74, 6) is 0. The van der Waals surface area contributed by atoms with Crippen LogP contribution in [-0.4, -0.2) is 0 Å². The lowest BCUT2D eigenvalue weighted by Gasteiger charge is -2.03. The molecule has 0 aliphatic rings. The van der Waals surface area contributed by atoms with E-state index < -0.39 is 0 Å². The molecule has 1 radical (unpaired) electrons. The van der Waals surface area contributed by atoms with E-state index in [1.165, 1.54) is 21.9 Å². The average Bonchev–Trinajstić information content (AvgIpc) is 2.12. The van der Waals surface area contributed by atoms with Gasteiger partial charge in [-0.25, -0.2) is 0 Å². The number of hydrogen-bond donors (Lipinski definition) is 0. The molecule has 59 valence electrons. The van der Waals surface area contributed by atoms with E-state index in [2.05, 4.69) is 50.2 Å². The van der Waals surface area contributed by atoms with Crippen LogP contribution in [0.3, 0.4) is 0 Å². The van der Waals surface area contributed by atoms with Crippen LogP contribution in [0.1, 0.15) is 11.1 Å². The highest BCUT2D eigenvalue weighted by Gasteiger charge is 1.97. The van der Waals surface area contributed by atoms with Crippen LogP contribution in [-0.2, 0) is 0 Å². The molecule has 0 aromatic heterocycles. The number of hydrogen-bond acceptors (Lipinski definition) is 0. The molecule has 0 saturated heterocycles. The molecule has 12 heavy (non-hydrogen) atoms. The molecule has 0 bridgehead atoms. The van der Waals surface area contributed by atoms with Crippen LogP contribution < -0.4 is 0 Å². The van der Waals surface area contributed by atoms with Crippen molar-refractivity contribution in [3.8, 4) is 0 Å². The molecule has 0 aliphatic heterocycles. The molecule has 2 aromatic carbocycles. The third kappa shape index (κ3) is 1.00. The fraction of sp³-hybridized carbons (Fsp3) is 0.167. The molecule has 0 unspecified atom stereocenters. The van der Waals surface area contributed by atoms with Crippen LogP contribution >= 0.6 is 0 Å². The van der Waals surface area contributed by atoms with Crippen molar-refractivity contribution >= 4 is 10.8 Å². The lowest BCUT2D eigenvalue weighted by molar-refractivity contribution is 1.37. The van der Waals surface area contributed by atoms with E-state index in [1.807, 2.05) is 0 Å². The van der Waals surface area contributed by atoms with Gasteiger partial charge >= 0.3 is 0 Å². The quantitative estimate of drug-likeness (QED) is 0.547. The van der Waals surface area contributed by atoms with Crippen molar-refractivity contribution in [1.29, 1.82) is 0 Å². The first-order chi connectivity index (χ1) is 5.79. The summed E-state index contributed by atoms with van der Waals surface area (Å²) in [5, 5.41) is 2.62. The van der Waals surface area contributed by atoms with Gasteiger partial charge < -0.3 is 0 Å². The molecule has 0 fully saturated rings. The van der Waals surface area contributed by atoms with E-state index >= 15 is 0 Å². The SMILES string of the molecule is Cc1[c]cc2ccccc2c1C. The first kappa shape index (κ1) is 7.35. The van der Waals surface area contributed by atoms with E-state index in [0.29, 0.717) is 0 Å². The van der Waals surface area contributed by atoms with Crippen LogP contribution in [0.15, 0.2) is 30.3 Å². The predicted octanol–water partition coefficient (Wildman–Crippen LogP) is 3.26. The molecule has 0 nitrogen and oxygen atoms in total. The number of benzene rings is 2. The van der Waals surface area contributed by atoms with Crippen LogP contribution in [0.4, 0.5) is 0 Å². The van der Waals surface area contributed by atoms with Crippen LogP contribution in [0.5, 0.6) is 0 Å². The Hall–Kier alpha value is -1.30. The Labute approximate surface area is 72.8 Å². The second-order valence-corrected chi connectivity index (χ2v) is 3.13. The van der Waals surface area contributed by atoms with Gasteiger partial charge in [0.05, 0.1) is 0 Å². The third-order valence-electron chi connectivity index (χ3n) is 2.37. The van der Waals surface area contributed by atoms with E-state index in [1.54, 1.807) is 0 Å². The lowest BCUT2D eigenvalue weighted by atomic mass is 10.0. The van der Waals surface area contributed by atoms with Gasteiger partial charge in [0.1, 0.15) is 0 Å². The fourth-order valence-electron chi connectivity index (χ4n) is 1.46. The van der Waals surface area contributed by atoms with Gasteiger partial charge in [-0.05, 0) is 47.9 Å². The first-order valence-electron chi connectivity index (χ1n) is 4.15. The van der Waals surface area contributed by atoms with Crippen molar-refractivity contribution < 1.29 is 0 Å². The Morgan fingerprint density at radius 1 is 1.08 bits per heavy atom. The van der Waals surface area contributed by atoms with Crippen molar-refractivity contribution in [2.75, 3.05) is 0 Å². The highest BCUT2D eigenvalue weighted by atomic mass is 14.0. The van der Waals surface area contributed by atoms with Gasteiger partial charge in [-0.1, -0.05) is 24.3 Å². The van der Waals surface area contributed by atoms with E-state index in [-0.39, 0.29) is 0 Å². The van der Waals surface area contributed by atoms with Crippen molar-refractivity contribution in [1.82, 2.24) is 0 Å². The van der Waals surface area contributed by atoms with Crippen molar-refractivity contribution in [2.45, 2.75) is 13.8 Å². The molecule has 0 aliphatic carbocycles. The molecular formula is C12H11. The molecule has 2 rings (SSSR count). The van der Waals surface area contributed by atoms with Crippen LogP contribution in [0.25, 0.3) is 10.8 Å². The standard InChI is InChI=1S/C12H11/c1-9-7-8-11-5-3-4-6-12(11)10(9)2/h3-6,8H,1-2H3. The maximum Gasteiger partial charge on any atom is -0.0143 e. The van der Waals surface area contributed by atoms with Crippen molar-refractivity contribution in [2.24, 2.45) is 0 Å². The van der Waals surface area contributed by atoms with Gasteiger partial charge in [0.15, 0.2) is 0 Å². The molecule has 0 N–H and O–H groups in total. The van der Waals surface area contributed by atoms with E-state index in [4.69, 9.17) is 0 Å². The fourth-order valence-corrected chi connectivity index (χ4v) is 1.46. The maximum atomic E-state index is 3.24. The third-order valence-corrected chi connectivity index (χ3v) is 2.37. The minimum absolute atomic E-state index is 1.24. The molecule has 2 aromatic rings. The highest BCUT2D eigenvalue weighted by Crippen LogP contribution is 2.19. The van der Waals surface area contributed by atoms with Gasteiger partial charge in [-0.15, -0.1) is 0 Å². The van der Waals surface area contributed by atoms with E-state index in [9.17, 15) is 0 Å². The zero-order valence-electron chi connectivity index (χ0n) is 7.39. The largest absolute Gasteiger partial charge is 0.0616 e. The van der Waals surface area contributed by atoms with Gasteiger partial charge in [0, 0.05) is 0 Å². The summed E-state index contributed by atoms with van der Waals surface area (Å²) in [7, 11) is 0. The highest BCUT2D eigenvalue weighted by molar-refractivity contribution is 5.86. The Bertz CT molecular complexity index is 413. The molecular weight excluding hydrogens is 144 g/mol. The first-order valence-corrected chi connectivity index (χ1v) is 4.15. The molecule has 0 heterocycles. The Kier molecular flexibility index (Phi) is 1.61. The van der Waals surface area contributed by atoms with Gasteiger partial charge in [-0.2, -0.15) is 0 Å². The number of fused-ring (bicyclic) bond motifs is 1. The molecule has 0 heteroatoms. The second kappa shape index (κ2) is 2.63. The average molecular weight is 155 g/mol. The number of rotatable bonds is 0.